The van der Waals surface area contributed by atoms with Gasteiger partial charge in [-0.2, -0.15) is 4.98 Å². The van der Waals surface area contributed by atoms with Gasteiger partial charge in [0.2, 0.25) is 5.95 Å². The van der Waals surface area contributed by atoms with Crippen LogP contribution in [0.2, 0.25) is 0 Å². The number of fused-ring (bicyclic) bond motifs is 1. The van der Waals surface area contributed by atoms with Crippen molar-refractivity contribution in [3.05, 3.63) is 20.8 Å². The molecule has 1 aliphatic rings. The Morgan fingerprint density at radius 3 is 2.20 bits per heavy atom. The van der Waals surface area contributed by atoms with Gasteiger partial charge in [-0.3, -0.25) is 23.3 Å². The smallest absolute Gasteiger partial charge is 0.332 e. The molecular formula is C17H25N5O3. The second kappa shape index (κ2) is 6.50. The molecule has 1 aliphatic heterocycles. The van der Waals surface area contributed by atoms with Gasteiger partial charge in [0, 0.05) is 27.2 Å². The van der Waals surface area contributed by atoms with Crippen LogP contribution in [0.15, 0.2) is 9.59 Å². The number of Topliss-reactive ketones (excluding diaryl/α,β-unsaturated/α-hetero) is 1. The SMILES string of the molecule is CC(=O)[C@H](C)n1c(N2CCCCCC2)nc2c1c(=O)n(C)c(=O)n2C. The highest BCUT2D eigenvalue weighted by Gasteiger charge is 2.27. The van der Waals surface area contributed by atoms with Crippen LogP contribution in [0.1, 0.15) is 45.6 Å². The maximum atomic E-state index is 12.8. The van der Waals surface area contributed by atoms with Crippen molar-refractivity contribution in [2.24, 2.45) is 14.1 Å². The summed E-state index contributed by atoms with van der Waals surface area (Å²) < 4.78 is 4.16. The Hall–Kier alpha value is -2.38. The average Bonchev–Trinajstić information content (AvgIpc) is 2.78. The topological polar surface area (TPSA) is 82.1 Å². The maximum Gasteiger partial charge on any atom is 0.332 e. The van der Waals surface area contributed by atoms with E-state index in [4.69, 9.17) is 0 Å². The quantitative estimate of drug-likeness (QED) is 0.826. The minimum Gasteiger partial charge on any atom is -0.342 e. The number of imidazole rings is 1. The van der Waals surface area contributed by atoms with Crippen LogP contribution in [0.25, 0.3) is 11.2 Å². The molecule has 0 saturated carbocycles. The van der Waals surface area contributed by atoms with Gasteiger partial charge in [-0.25, -0.2) is 4.79 Å². The molecule has 3 rings (SSSR count). The van der Waals surface area contributed by atoms with E-state index in [1.54, 1.807) is 18.5 Å². The van der Waals surface area contributed by atoms with Gasteiger partial charge in [-0.15, -0.1) is 0 Å². The van der Waals surface area contributed by atoms with Crippen molar-refractivity contribution in [2.45, 2.75) is 45.6 Å². The highest BCUT2D eigenvalue weighted by Crippen LogP contribution is 2.26. The summed E-state index contributed by atoms with van der Waals surface area (Å²) in [5, 5.41) is 0. The monoisotopic (exact) mass is 347 g/mol. The lowest BCUT2D eigenvalue weighted by molar-refractivity contribution is -0.119. The molecule has 136 valence electrons. The van der Waals surface area contributed by atoms with Crippen LogP contribution >= 0.6 is 0 Å². The number of anilines is 1. The van der Waals surface area contributed by atoms with E-state index in [-0.39, 0.29) is 5.78 Å². The van der Waals surface area contributed by atoms with Crippen molar-refractivity contribution >= 4 is 22.9 Å². The second-order valence-electron chi connectivity index (χ2n) is 6.85. The first kappa shape index (κ1) is 17.4. The molecule has 2 aromatic heterocycles. The predicted molar refractivity (Wildman–Crippen MR) is 96.3 cm³/mol. The summed E-state index contributed by atoms with van der Waals surface area (Å²) in [4.78, 5) is 43.9. The number of hydrogen-bond acceptors (Lipinski definition) is 5. The summed E-state index contributed by atoms with van der Waals surface area (Å²) in [5.41, 5.74) is -0.188. The van der Waals surface area contributed by atoms with E-state index in [9.17, 15) is 14.4 Å². The Kier molecular flexibility index (Phi) is 4.53. The maximum absolute atomic E-state index is 12.8. The van der Waals surface area contributed by atoms with E-state index < -0.39 is 17.3 Å². The molecule has 8 heteroatoms. The molecule has 0 amide bonds. The highest BCUT2D eigenvalue weighted by atomic mass is 16.2. The highest BCUT2D eigenvalue weighted by molar-refractivity contribution is 5.84. The van der Waals surface area contributed by atoms with E-state index in [0.29, 0.717) is 17.1 Å². The summed E-state index contributed by atoms with van der Waals surface area (Å²) in [7, 11) is 3.05. The molecule has 0 N–H and O–H groups in total. The molecule has 3 heterocycles. The summed E-state index contributed by atoms with van der Waals surface area (Å²) >= 11 is 0. The standard InChI is InChI=1S/C17H25N5O3/c1-11(12(2)23)22-13-14(19(3)17(25)20(4)15(13)24)18-16(22)21-9-7-5-6-8-10-21/h11H,5-10H2,1-4H3/t11-/m0/s1. The molecule has 0 aliphatic carbocycles. The molecule has 1 fully saturated rings. The number of rotatable bonds is 3. The predicted octanol–water partition coefficient (Wildman–Crippen LogP) is 0.964. The molecule has 0 spiro atoms. The van der Waals surface area contributed by atoms with Crippen LogP contribution in [0.3, 0.4) is 0 Å². The second-order valence-corrected chi connectivity index (χ2v) is 6.85. The van der Waals surface area contributed by atoms with Crippen molar-refractivity contribution in [1.82, 2.24) is 18.7 Å². The molecule has 8 nitrogen and oxygen atoms in total. The van der Waals surface area contributed by atoms with E-state index in [2.05, 4.69) is 9.88 Å². The summed E-state index contributed by atoms with van der Waals surface area (Å²) in [6.45, 7) is 4.95. The van der Waals surface area contributed by atoms with E-state index >= 15 is 0 Å². The van der Waals surface area contributed by atoms with Gasteiger partial charge in [0.05, 0.1) is 6.04 Å². The van der Waals surface area contributed by atoms with Gasteiger partial charge in [0.25, 0.3) is 5.56 Å². The summed E-state index contributed by atoms with van der Waals surface area (Å²) in [5.74, 6) is 0.559. The van der Waals surface area contributed by atoms with Crippen LogP contribution in [-0.4, -0.2) is 37.6 Å². The molecule has 1 saturated heterocycles. The normalized spacial score (nSPS) is 16.9. The van der Waals surface area contributed by atoms with Crippen LogP contribution in [-0.2, 0) is 18.9 Å². The van der Waals surface area contributed by atoms with Crippen LogP contribution < -0.4 is 16.1 Å². The van der Waals surface area contributed by atoms with E-state index in [0.717, 1.165) is 30.5 Å². The number of carbonyl (C=O) groups excluding carboxylic acids is 1. The van der Waals surface area contributed by atoms with Gasteiger partial charge < -0.3 is 4.90 Å². The zero-order valence-corrected chi connectivity index (χ0v) is 15.3. The van der Waals surface area contributed by atoms with E-state index in [1.807, 2.05) is 0 Å². The lowest BCUT2D eigenvalue weighted by Gasteiger charge is -2.24. The van der Waals surface area contributed by atoms with Crippen molar-refractivity contribution in [3.8, 4) is 0 Å². The fourth-order valence-electron chi connectivity index (χ4n) is 3.45. The van der Waals surface area contributed by atoms with Crippen molar-refractivity contribution < 1.29 is 4.79 Å². The third kappa shape index (κ3) is 2.79. The van der Waals surface area contributed by atoms with Crippen molar-refractivity contribution in [1.29, 1.82) is 0 Å². The Labute approximate surface area is 145 Å². The number of aromatic nitrogens is 4. The van der Waals surface area contributed by atoms with Gasteiger partial charge in [-0.1, -0.05) is 12.8 Å². The first-order valence-corrected chi connectivity index (χ1v) is 8.78. The minimum atomic E-state index is -0.520. The molecule has 1 atom stereocenters. The zero-order valence-electron chi connectivity index (χ0n) is 15.3. The Morgan fingerprint density at radius 1 is 1.04 bits per heavy atom. The van der Waals surface area contributed by atoms with Gasteiger partial charge in [0.15, 0.2) is 16.9 Å². The minimum absolute atomic E-state index is 0.0497. The molecular weight excluding hydrogens is 322 g/mol. The third-order valence-electron chi connectivity index (χ3n) is 5.14. The van der Waals surface area contributed by atoms with Crippen molar-refractivity contribution in [2.75, 3.05) is 18.0 Å². The first-order valence-electron chi connectivity index (χ1n) is 8.78. The Balaban J connectivity index is 2.36. The number of nitrogens with zero attached hydrogens (tertiary/aromatic N) is 5. The molecule has 0 unspecified atom stereocenters. The Morgan fingerprint density at radius 2 is 1.64 bits per heavy atom. The van der Waals surface area contributed by atoms with E-state index in [1.165, 1.54) is 31.4 Å². The summed E-state index contributed by atoms with van der Waals surface area (Å²) in [6, 6.07) is -0.520. The Bertz CT molecular complexity index is 928. The summed E-state index contributed by atoms with van der Waals surface area (Å²) in [6.07, 6.45) is 4.43. The number of carbonyl (C=O) groups is 1. The fraction of sp³-hybridized carbons (Fsp3) is 0.647. The van der Waals surface area contributed by atoms with Crippen molar-refractivity contribution in [3.63, 3.8) is 0 Å². The van der Waals surface area contributed by atoms with Gasteiger partial charge in [0.1, 0.15) is 0 Å². The molecule has 2 aromatic rings. The lowest BCUT2D eigenvalue weighted by Crippen LogP contribution is -2.38. The largest absolute Gasteiger partial charge is 0.342 e. The zero-order chi connectivity index (χ0) is 18.3. The fourth-order valence-corrected chi connectivity index (χ4v) is 3.45. The first-order chi connectivity index (χ1) is 11.8. The van der Waals surface area contributed by atoms with Crippen LogP contribution in [0.5, 0.6) is 0 Å². The number of ketones is 1. The van der Waals surface area contributed by atoms with Crippen LogP contribution in [0, 0.1) is 0 Å². The molecule has 0 bridgehead atoms. The number of aryl methyl sites for hydroxylation is 1. The molecule has 25 heavy (non-hydrogen) atoms. The average molecular weight is 347 g/mol. The molecule has 0 radical (unpaired) electrons. The molecule has 0 aromatic carbocycles. The van der Waals surface area contributed by atoms with Crippen LogP contribution in [0.4, 0.5) is 5.95 Å². The van der Waals surface area contributed by atoms with Gasteiger partial charge >= 0.3 is 5.69 Å². The lowest BCUT2D eigenvalue weighted by atomic mass is 10.2. The number of hydrogen-bond donors (Lipinski definition) is 0. The van der Waals surface area contributed by atoms with Gasteiger partial charge in [-0.05, 0) is 26.7 Å². The third-order valence-corrected chi connectivity index (χ3v) is 5.14.